The van der Waals surface area contributed by atoms with E-state index in [1.807, 2.05) is 103 Å². The molecule has 5 saturated heterocycles. The molecule has 10 aliphatic heterocycles. The molecule has 5 amide bonds. The van der Waals surface area contributed by atoms with Gasteiger partial charge in [-0.15, -0.1) is 0 Å². The quantitative estimate of drug-likeness (QED) is 0.0807. The van der Waals surface area contributed by atoms with Crippen LogP contribution in [0.15, 0.2) is 243 Å². The molecule has 16 heteroatoms. The predicted molar refractivity (Wildman–Crippen MR) is 534 cm³/mol. The summed E-state index contributed by atoms with van der Waals surface area (Å²) in [7, 11) is 0. The Balaban J connectivity index is 0.000000116. The molecule has 5 atom stereocenters. The maximum absolute atomic E-state index is 12.9. The van der Waals surface area contributed by atoms with Crippen molar-refractivity contribution in [3.8, 4) is 28.7 Å². The first-order valence-electron chi connectivity index (χ1n) is 49.3. The molecule has 5 fully saturated rings. The van der Waals surface area contributed by atoms with Gasteiger partial charge in [0.05, 0.1) is 33.0 Å². The van der Waals surface area contributed by atoms with Gasteiger partial charge in [-0.25, -0.2) is 0 Å². The van der Waals surface area contributed by atoms with E-state index < -0.39 is 0 Å². The largest absolute Gasteiger partial charge is 0.492 e. The van der Waals surface area contributed by atoms with Gasteiger partial charge in [0.2, 0.25) is 0 Å². The highest BCUT2D eigenvalue weighted by Gasteiger charge is 2.43. The molecule has 21 rings (SSSR count). The Hall–Kier alpha value is -11.7. The minimum absolute atomic E-state index is 0.0201. The summed E-state index contributed by atoms with van der Waals surface area (Å²) in [5, 5.41) is 5.88. The Bertz CT molecular complexity index is 5990. The average Bonchev–Trinajstić information content (AvgIpc) is 1.67. The number of hydrogen-bond donors (Lipinski definition) is 0. The molecule has 0 aromatic heterocycles. The van der Waals surface area contributed by atoms with Crippen LogP contribution in [0.5, 0.6) is 28.7 Å². The van der Waals surface area contributed by atoms with Crippen molar-refractivity contribution in [2.45, 2.75) is 210 Å². The number of fused-ring (bicyclic) bond motifs is 7. The summed E-state index contributed by atoms with van der Waals surface area (Å²) < 4.78 is 30.1. The average molecular weight is 1800 g/mol. The number of halogens is 1. The molecule has 0 radical (unpaired) electrons. The van der Waals surface area contributed by atoms with E-state index in [2.05, 4.69) is 205 Å². The number of rotatable bonds is 17. The molecule has 0 N–H and O–H groups in total. The van der Waals surface area contributed by atoms with Gasteiger partial charge in [-0.1, -0.05) is 229 Å². The van der Waals surface area contributed by atoms with Crippen LogP contribution in [0.1, 0.15) is 259 Å². The number of benzene rings is 11. The molecule has 133 heavy (non-hydrogen) atoms. The zero-order chi connectivity index (χ0) is 92.1. The normalized spacial score (nSPS) is 21.9. The van der Waals surface area contributed by atoms with Crippen molar-refractivity contribution in [1.29, 1.82) is 0 Å². The van der Waals surface area contributed by atoms with Crippen LogP contribution in [0.3, 0.4) is 0 Å². The first-order valence-corrected chi connectivity index (χ1v) is 49.7. The van der Waals surface area contributed by atoms with Crippen molar-refractivity contribution in [1.82, 2.24) is 24.5 Å². The Morgan fingerprint density at radius 1 is 0.293 bits per heavy atom. The van der Waals surface area contributed by atoms with Gasteiger partial charge in [0, 0.05) is 153 Å². The standard InChI is InChI=1S/2C26H27NO2.C22H24ClNO2.C22H25NO2.C21H29NO2/c1-26(17-21-10-7-9-19-8-3-4-11-22(19)21)18-29-24-16-20(12-13-23(24)26)25(28)27-14-5-2-6-15-27;1-26(17-19-9-10-20-7-3-4-8-21(20)15-19)18-29-24-16-22(11-12-23(24)26)25(28)27-13-5-2-6-14-27;1-22(14-16-5-8-18(23)9-6-16)15-26-20-13-17(7-10-19(20)22)21(25)24-11-3-2-4-12-24;1-22(15-17-8-4-2-5-9-17)16-25-20-14-18(10-11-19(20)22)21(24)23-12-6-3-7-13-23;1-3-4-5-7-12-21(2)16-24-19-15-17(10-11-18(19)21)20(23)22-13-8-6-9-14-22/h3-4,7-13,16H,2,5-6,14-15,17-18H2,1H3;3-4,7-12,15-16H,2,5-6,13-14,17-18H2,1H3;5-10,13H,2-4,11-12,14-15H2,1H3;2,4-5,8-11,14H,3,6-7,12-13,15-16H2,1H3;5,7,10-11,15H,3-4,6,8-9,12-14,16H2,1-2H3/b;;;;7-5+. The van der Waals surface area contributed by atoms with Gasteiger partial charge < -0.3 is 48.2 Å². The van der Waals surface area contributed by atoms with E-state index in [0.717, 1.165) is 230 Å². The Labute approximate surface area is 792 Å². The first-order chi connectivity index (χ1) is 64.6. The van der Waals surface area contributed by atoms with Crippen LogP contribution < -0.4 is 23.7 Å². The molecule has 11 aromatic rings. The number of piperidine rings is 5. The van der Waals surface area contributed by atoms with E-state index in [-0.39, 0.29) is 56.6 Å². The van der Waals surface area contributed by atoms with Crippen LogP contribution in [0.25, 0.3) is 21.5 Å². The van der Waals surface area contributed by atoms with Gasteiger partial charge in [0.25, 0.3) is 29.5 Å². The van der Waals surface area contributed by atoms with Crippen molar-refractivity contribution in [2.75, 3.05) is 98.5 Å². The maximum Gasteiger partial charge on any atom is 0.253 e. The third-order valence-corrected chi connectivity index (χ3v) is 29.6. The van der Waals surface area contributed by atoms with E-state index in [4.69, 9.17) is 35.3 Å². The van der Waals surface area contributed by atoms with Gasteiger partial charge >= 0.3 is 0 Å². The lowest BCUT2D eigenvalue weighted by Crippen LogP contribution is -2.35. The van der Waals surface area contributed by atoms with Crippen molar-refractivity contribution in [3.63, 3.8) is 0 Å². The van der Waals surface area contributed by atoms with Crippen molar-refractivity contribution in [2.24, 2.45) is 0 Å². The van der Waals surface area contributed by atoms with Crippen LogP contribution in [-0.2, 0) is 52.8 Å². The summed E-state index contributed by atoms with van der Waals surface area (Å²) in [6.07, 6.45) is 28.8. The minimum atomic E-state index is -0.0911. The number of nitrogens with zero attached hydrogens (tertiary/aromatic N) is 5. The SMILES string of the molecule is CC1(Cc2ccc(Cl)cc2)COc2cc(C(=O)N3CCCCC3)ccc21.CC1(Cc2ccc3ccccc3c2)COc2cc(C(=O)N3CCCCC3)ccc21.CC1(Cc2cccc3ccccc23)COc2cc(C(=O)N3CCCCC3)ccc21.CC1(Cc2ccccc2)COc2cc(C(=O)N3CCCCC3)ccc21.CCC/C=C/CC1(C)COc2cc(C(=O)N3CCCCC3)ccc21. The molecule has 692 valence electrons. The zero-order valence-electron chi connectivity index (χ0n) is 79.0. The topological polar surface area (TPSA) is 148 Å². The fourth-order valence-electron chi connectivity index (χ4n) is 21.5. The molecule has 5 unspecified atom stereocenters. The van der Waals surface area contributed by atoms with Crippen LogP contribution in [0.4, 0.5) is 0 Å². The van der Waals surface area contributed by atoms with E-state index in [1.54, 1.807) is 0 Å². The maximum atomic E-state index is 12.9. The van der Waals surface area contributed by atoms with Crippen molar-refractivity contribution < 1.29 is 47.7 Å². The lowest BCUT2D eigenvalue weighted by atomic mass is 9.78. The Morgan fingerprint density at radius 2 is 0.602 bits per heavy atom. The molecule has 0 bridgehead atoms. The number of unbranched alkanes of at least 4 members (excludes halogenated alkanes) is 1. The third kappa shape index (κ3) is 21.6. The van der Waals surface area contributed by atoms with Crippen molar-refractivity contribution in [3.05, 3.63) is 326 Å². The minimum Gasteiger partial charge on any atom is -0.492 e. The zero-order valence-corrected chi connectivity index (χ0v) is 79.7. The van der Waals surface area contributed by atoms with E-state index in [0.29, 0.717) is 33.0 Å². The molecule has 10 aliphatic rings. The second kappa shape index (κ2) is 41.8. The van der Waals surface area contributed by atoms with E-state index in [9.17, 15) is 24.0 Å². The summed E-state index contributed by atoms with van der Waals surface area (Å²) in [5.74, 6) is 5.06. The molecule has 0 spiro atoms. The fraction of sp³-hybridized carbons (Fsp3) is 0.410. The molecular weight excluding hydrogens is 1670 g/mol. The third-order valence-electron chi connectivity index (χ3n) is 29.3. The lowest BCUT2D eigenvalue weighted by molar-refractivity contribution is 0.0716. The molecule has 0 aliphatic carbocycles. The van der Waals surface area contributed by atoms with Gasteiger partial charge in [-0.3, -0.25) is 24.0 Å². The molecule has 11 aromatic carbocycles. The summed E-state index contributed by atoms with van der Waals surface area (Å²) in [4.78, 5) is 73.7. The second-order valence-corrected chi connectivity index (χ2v) is 40.6. The highest BCUT2D eigenvalue weighted by atomic mass is 35.5. The molecular formula is C117H132ClN5O10. The van der Waals surface area contributed by atoms with E-state index in [1.165, 1.54) is 110 Å². The van der Waals surface area contributed by atoms with Gasteiger partial charge in [0.1, 0.15) is 28.7 Å². The molecule has 10 heterocycles. The highest BCUT2D eigenvalue weighted by Crippen LogP contribution is 2.48. The number of likely N-dealkylation sites (tertiary alicyclic amines) is 5. The monoisotopic (exact) mass is 1800 g/mol. The molecule has 15 nitrogen and oxygen atoms in total. The highest BCUT2D eigenvalue weighted by molar-refractivity contribution is 6.30. The summed E-state index contributed by atoms with van der Waals surface area (Å²) in [6.45, 7) is 25.5. The number of allylic oxidation sites excluding steroid dienone is 2. The van der Waals surface area contributed by atoms with Gasteiger partial charge in [-0.2, -0.15) is 0 Å². The van der Waals surface area contributed by atoms with Crippen LogP contribution >= 0.6 is 11.6 Å². The van der Waals surface area contributed by atoms with Crippen LogP contribution in [0.2, 0.25) is 5.02 Å². The predicted octanol–water partition coefficient (Wildman–Crippen LogP) is 24.5. The Kier molecular flexibility index (Phi) is 29.3. The number of hydrogen-bond acceptors (Lipinski definition) is 10. The Morgan fingerprint density at radius 3 is 0.985 bits per heavy atom. The van der Waals surface area contributed by atoms with Gasteiger partial charge in [-0.05, 0) is 251 Å². The van der Waals surface area contributed by atoms with Crippen LogP contribution in [-0.4, -0.2) is 153 Å². The van der Waals surface area contributed by atoms with E-state index >= 15 is 0 Å². The summed E-state index contributed by atoms with van der Waals surface area (Å²) in [5.41, 5.74) is 14.7. The number of ether oxygens (including phenoxy) is 5. The molecule has 0 saturated carbocycles. The smallest absolute Gasteiger partial charge is 0.253 e. The van der Waals surface area contributed by atoms with Crippen LogP contribution in [0, 0.1) is 0 Å². The number of carbonyl (C=O) groups is 5. The van der Waals surface area contributed by atoms with Gasteiger partial charge in [0.15, 0.2) is 0 Å². The fourth-order valence-corrected chi connectivity index (χ4v) is 21.6. The van der Waals surface area contributed by atoms with Crippen molar-refractivity contribution >= 4 is 62.7 Å². The second-order valence-electron chi connectivity index (χ2n) is 40.2. The number of amides is 5. The summed E-state index contributed by atoms with van der Waals surface area (Å²) >= 11 is 5.99. The summed E-state index contributed by atoms with van der Waals surface area (Å²) in [6, 6.07) is 78.9. The number of carbonyl (C=O) groups excluding carboxylic acids is 5. The first kappa shape index (κ1) is 93.1. The lowest BCUT2D eigenvalue weighted by Gasteiger charge is -2.27.